The fourth-order valence-electron chi connectivity index (χ4n) is 2.70. The summed E-state index contributed by atoms with van der Waals surface area (Å²) in [5.41, 5.74) is 0. The predicted molar refractivity (Wildman–Crippen MR) is 73.2 cm³/mol. The highest BCUT2D eigenvalue weighted by Gasteiger charge is 2.25. The zero-order valence-corrected chi connectivity index (χ0v) is 12.4. The summed E-state index contributed by atoms with van der Waals surface area (Å²) in [6.07, 6.45) is 4.04. The van der Waals surface area contributed by atoms with Crippen LogP contribution in [0.3, 0.4) is 0 Å². The van der Waals surface area contributed by atoms with Crippen LogP contribution in [0.25, 0.3) is 0 Å². The van der Waals surface area contributed by atoms with Gasteiger partial charge in [-0.1, -0.05) is 74.7 Å². The number of hydrogen-bond acceptors (Lipinski definition) is 0. The second-order valence-corrected chi connectivity index (χ2v) is 4.77. The minimum atomic E-state index is 0.851. The molecule has 0 aliphatic rings. The first-order valence-electron chi connectivity index (χ1n) is 7.08. The third-order valence-corrected chi connectivity index (χ3v) is 3.72. The van der Waals surface area contributed by atoms with Crippen LogP contribution >= 0.6 is 0 Å². The number of rotatable bonds is 6. The molecule has 0 heterocycles. The second kappa shape index (κ2) is 10.5. The van der Waals surface area contributed by atoms with Gasteiger partial charge in [-0.2, -0.15) is 0 Å². The molecule has 0 amide bonds. The Balaban J connectivity index is 0. The van der Waals surface area contributed by atoms with Gasteiger partial charge < -0.3 is 0 Å². The van der Waals surface area contributed by atoms with Gasteiger partial charge in [0.05, 0.1) is 0 Å². The van der Waals surface area contributed by atoms with E-state index in [1.807, 2.05) is 13.8 Å². The van der Waals surface area contributed by atoms with Gasteiger partial charge in [-0.15, -0.1) is 0 Å². The Kier molecular flexibility index (Phi) is 12.2. The number of hydrogen-bond donors (Lipinski definition) is 0. The monoisotopic (exact) mass is 214 g/mol. The molecule has 0 aromatic heterocycles. The van der Waals surface area contributed by atoms with Crippen LogP contribution in [0.4, 0.5) is 0 Å². The molecule has 3 atom stereocenters. The van der Waals surface area contributed by atoms with Gasteiger partial charge in [-0.25, -0.2) is 0 Å². The van der Waals surface area contributed by atoms with Crippen molar-refractivity contribution >= 4 is 0 Å². The molecule has 0 bridgehead atoms. The molecule has 0 radical (unpaired) electrons. The van der Waals surface area contributed by atoms with Crippen molar-refractivity contribution in [2.45, 2.75) is 74.7 Å². The van der Waals surface area contributed by atoms with E-state index >= 15 is 0 Å². The molecule has 3 unspecified atom stereocenters. The first-order valence-corrected chi connectivity index (χ1v) is 7.08. The highest BCUT2D eigenvalue weighted by Crippen LogP contribution is 2.33. The van der Waals surface area contributed by atoms with E-state index in [9.17, 15) is 0 Å². The van der Waals surface area contributed by atoms with Gasteiger partial charge in [0, 0.05) is 0 Å². The van der Waals surface area contributed by atoms with Crippen LogP contribution in [0.15, 0.2) is 0 Å². The molecule has 0 aliphatic carbocycles. The maximum atomic E-state index is 2.42. The minimum absolute atomic E-state index is 0.851. The molecule has 0 rings (SSSR count). The van der Waals surface area contributed by atoms with Crippen LogP contribution in [0.1, 0.15) is 74.7 Å². The van der Waals surface area contributed by atoms with E-state index in [4.69, 9.17) is 0 Å². The molecule has 0 heteroatoms. The summed E-state index contributed by atoms with van der Waals surface area (Å²) >= 11 is 0. The quantitative estimate of drug-likeness (QED) is 0.527. The lowest BCUT2D eigenvalue weighted by molar-refractivity contribution is 0.171. The van der Waals surface area contributed by atoms with E-state index in [0.717, 1.165) is 23.7 Å². The molecule has 0 N–H and O–H groups in total. The van der Waals surface area contributed by atoms with Gasteiger partial charge in [0.15, 0.2) is 0 Å². The van der Waals surface area contributed by atoms with E-state index in [1.54, 1.807) is 0 Å². The van der Waals surface area contributed by atoms with Crippen molar-refractivity contribution in [2.24, 2.45) is 23.7 Å². The van der Waals surface area contributed by atoms with Crippen molar-refractivity contribution in [2.75, 3.05) is 0 Å². The summed E-state index contributed by atoms with van der Waals surface area (Å²) in [4.78, 5) is 0. The third-order valence-electron chi connectivity index (χ3n) is 3.72. The molecule has 0 spiro atoms. The van der Waals surface area contributed by atoms with Crippen molar-refractivity contribution in [3.63, 3.8) is 0 Å². The Morgan fingerprint density at radius 1 is 0.667 bits per heavy atom. The molecule has 0 fully saturated rings. The summed E-state index contributed by atoms with van der Waals surface area (Å²) in [5.74, 6) is 3.62. The standard InChI is InChI=1S/C13H28.C2H6/c1-7-11(6)13(9-3)12(8-2)10(4)5;1-2/h10-13H,7-9H2,1-6H3;1-2H3. The Labute approximate surface area is 98.9 Å². The topological polar surface area (TPSA) is 0 Å². The lowest BCUT2D eigenvalue weighted by Gasteiger charge is -2.32. The van der Waals surface area contributed by atoms with Crippen LogP contribution in [0.5, 0.6) is 0 Å². The van der Waals surface area contributed by atoms with Crippen LogP contribution in [0, 0.1) is 23.7 Å². The second-order valence-electron chi connectivity index (χ2n) is 4.77. The Hall–Kier alpha value is 0. The molecule has 0 nitrogen and oxygen atoms in total. The van der Waals surface area contributed by atoms with E-state index < -0.39 is 0 Å². The zero-order valence-electron chi connectivity index (χ0n) is 12.4. The van der Waals surface area contributed by atoms with Gasteiger partial charge in [0.1, 0.15) is 0 Å². The van der Waals surface area contributed by atoms with Crippen molar-refractivity contribution in [3.05, 3.63) is 0 Å². The first-order chi connectivity index (χ1) is 7.08. The lowest BCUT2D eigenvalue weighted by atomic mass is 9.73. The summed E-state index contributed by atoms with van der Waals surface area (Å²) in [6.45, 7) is 18.2. The van der Waals surface area contributed by atoms with Crippen LogP contribution in [0.2, 0.25) is 0 Å². The Morgan fingerprint density at radius 3 is 1.27 bits per heavy atom. The predicted octanol–water partition coefficient (Wildman–Crippen LogP) is 5.77. The average molecular weight is 214 g/mol. The molecule has 94 valence electrons. The Bertz CT molecular complexity index is 115. The largest absolute Gasteiger partial charge is 0.0683 e. The summed E-state index contributed by atoms with van der Waals surface area (Å²) < 4.78 is 0. The van der Waals surface area contributed by atoms with Crippen molar-refractivity contribution in [3.8, 4) is 0 Å². The van der Waals surface area contributed by atoms with Gasteiger partial charge in [-0.05, 0) is 23.7 Å². The molecule has 0 saturated carbocycles. The molecule has 0 aliphatic heterocycles. The van der Waals surface area contributed by atoms with E-state index in [-0.39, 0.29) is 0 Å². The summed E-state index contributed by atoms with van der Waals surface area (Å²) in [7, 11) is 0. The molecular formula is C15H34. The zero-order chi connectivity index (χ0) is 12.4. The maximum absolute atomic E-state index is 2.42. The van der Waals surface area contributed by atoms with Crippen LogP contribution in [-0.4, -0.2) is 0 Å². The highest BCUT2D eigenvalue weighted by molar-refractivity contribution is 4.74. The SMILES string of the molecule is CC.CCC(C)C(CC)C(CC)C(C)C. The normalized spacial score (nSPS) is 16.6. The molecule has 15 heavy (non-hydrogen) atoms. The van der Waals surface area contributed by atoms with Crippen molar-refractivity contribution in [1.29, 1.82) is 0 Å². The van der Waals surface area contributed by atoms with E-state index in [1.165, 1.54) is 19.3 Å². The third kappa shape index (κ3) is 6.22. The fraction of sp³-hybridized carbons (Fsp3) is 1.00. The minimum Gasteiger partial charge on any atom is -0.0683 e. The molecule has 0 saturated heterocycles. The maximum Gasteiger partial charge on any atom is -0.0360 e. The van der Waals surface area contributed by atoms with Gasteiger partial charge in [-0.3, -0.25) is 0 Å². The molecule has 0 aromatic rings. The highest BCUT2D eigenvalue weighted by atomic mass is 14.3. The lowest BCUT2D eigenvalue weighted by Crippen LogP contribution is -2.24. The Morgan fingerprint density at radius 2 is 1.07 bits per heavy atom. The van der Waals surface area contributed by atoms with Crippen molar-refractivity contribution < 1.29 is 0 Å². The smallest absolute Gasteiger partial charge is 0.0360 e. The van der Waals surface area contributed by atoms with Crippen LogP contribution < -0.4 is 0 Å². The fourth-order valence-corrected chi connectivity index (χ4v) is 2.70. The van der Waals surface area contributed by atoms with Gasteiger partial charge in [0.25, 0.3) is 0 Å². The summed E-state index contributed by atoms with van der Waals surface area (Å²) in [5, 5.41) is 0. The van der Waals surface area contributed by atoms with E-state index in [2.05, 4.69) is 41.5 Å². The average Bonchev–Trinajstić information content (AvgIpc) is 2.26. The molecular weight excluding hydrogens is 180 g/mol. The van der Waals surface area contributed by atoms with Crippen LogP contribution in [-0.2, 0) is 0 Å². The van der Waals surface area contributed by atoms with Gasteiger partial charge in [0.2, 0.25) is 0 Å². The molecule has 0 aromatic carbocycles. The van der Waals surface area contributed by atoms with Gasteiger partial charge >= 0.3 is 0 Å². The summed E-state index contributed by atoms with van der Waals surface area (Å²) in [6, 6.07) is 0. The first kappa shape index (κ1) is 17.4. The van der Waals surface area contributed by atoms with E-state index in [0.29, 0.717) is 0 Å². The van der Waals surface area contributed by atoms with Crippen molar-refractivity contribution in [1.82, 2.24) is 0 Å².